The van der Waals surface area contributed by atoms with Crippen molar-refractivity contribution in [1.29, 1.82) is 0 Å². The minimum absolute atomic E-state index is 0.0757. The van der Waals surface area contributed by atoms with Gasteiger partial charge in [0.15, 0.2) is 0 Å². The second-order valence-electron chi connectivity index (χ2n) is 4.26. The van der Waals surface area contributed by atoms with Gasteiger partial charge in [0, 0.05) is 38.9 Å². The van der Waals surface area contributed by atoms with E-state index in [1.165, 1.54) is 4.88 Å². The van der Waals surface area contributed by atoms with Crippen LogP contribution < -0.4 is 10.1 Å². The molecule has 2 N–H and O–H groups in total. The largest absolute Gasteiger partial charge is 0.507 e. The highest BCUT2D eigenvalue weighted by molar-refractivity contribution is 9.10. The van der Waals surface area contributed by atoms with Crippen molar-refractivity contribution < 1.29 is 9.84 Å². The Morgan fingerprint density at radius 2 is 2.21 bits per heavy atom. The van der Waals surface area contributed by atoms with E-state index in [0.29, 0.717) is 5.75 Å². The van der Waals surface area contributed by atoms with Crippen molar-refractivity contribution in [3.05, 3.63) is 44.6 Å². The Bertz CT molecular complexity index is 556. The van der Waals surface area contributed by atoms with Crippen LogP contribution in [0.5, 0.6) is 11.5 Å². The molecule has 1 atom stereocenters. The summed E-state index contributed by atoms with van der Waals surface area (Å²) in [7, 11) is 1.59. The molecule has 0 amide bonds. The van der Waals surface area contributed by atoms with E-state index in [4.69, 9.17) is 4.74 Å². The molecular formula is C14H16BrNO2S. The lowest BCUT2D eigenvalue weighted by Crippen LogP contribution is -2.17. The molecule has 2 aromatic rings. The van der Waals surface area contributed by atoms with Gasteiger partial charge in [0.1, 0.15) is 11.5 Å². The van der Waals surface area contributed by atoms with E-state index >= 15 is 0 Å². The Hall–Kier alpha value is -1.04. The van der Waals surface area contributed by atoms with Crippen LogP contribution in [0.3, 0.4) is 0 Å². The first-order valence-electron chi connectivity index (χ1n) is 5.93. The first-order valence-corrected chi connectivity index (χ1v) is 7.60. The average molecular weight is 342 g/mol. The number of hydrogen-bond acceptors (Lipinski definition) is 4. The Labute approximate surface area is 125 Å². The maximum absolute atomic E-state index is 9.97. The molecule has 102 valence electrons. The summed E-state index contributed by atoms with van der Waals surface area (Å²) in [4.78, 5) is 1.26. The van der Waals surface area contributed by atoms with E-state index in [9.17, 15) is 5.11 Å². The van der Waals surface area contributed by atoms with Gasteiger partial charge in [0.05, 0.1) is 7.11 Å². The molecule has 0 bridgehead atoms. The summed E-state index contributed by atoms with van der Waals surface area (Å²) in [6.07, 6.45) is 0. The molecule has 2 rings (SSSR count). The monoisotopic (exact) mass is 341 g/mol. The summed E-state index contributed by atoms with van der Waals surface area (Å²) in [6, 6.07) is 7.55. The van der Waals surface area contributed by atoms with Crippen molar-refractivity contribution in [3.63, 3.8) is 0 Å². The number of hydrogen-bond donors (Lipinski definition) is 2. The normalized spacial score (nSPS) is 12.4. The number of halogens is 1. The minimum Gasteiger partial charge on any atom is -0.507 e. The van der Waals surface area contributed by atoms with Crippen molar-refractivity contribution in [2.75, 3.05) is 7.11 Å². The standard InChI is InChI=1S/C14H16BrNO2S/c1-9(16-7-12-5-10(15)8-19-12)13-4-3-11(18-2)6-14(13)17/h3-6,8-9,16-17H,7H2,1-2H3. The highest BCUT2D eigenvalue weighted by Gasteiger charge is 2.11. The molecule has 1 aromatic heterocycles. The van der Waals surface area contributed by atoms with Gasteiger partial charge in [-0.3, -0.25) is 0 Å². The van der Waals surface area contributed by atoms with Gasteiger partial charge >= 0.3 is 0 Å². The molecule has 19 heavy (non-hydrogen) atoms. The van der Waals surface area contributed by atoms with Crippen LogP contribution in [-0.2, 0) is 6.54 Å². The van der Waals surface area contributed by atoms with Crippen LogP contribution in [0, 0.1) is 0 Å². The predicted octanol–water partition coefficient (Wildman–Crippen LogP) is 4.08. The van der Waals surface area contributed by atoms with E-state index in [1.807, 2.05) is 19.1 Å². The summed E-state index contributed by atoms with van der Waals surface area (Å²) >= 11 is 5.15. The van der Waals surface area contributed by atoms with Crippen molar-refractivity contribution in [1.82, 2.24) is 5.32 Å². The van der Waals surface area contributed by atoms with Crippen molar-refractivity contribution >= 4 is 27.3 Å². The molecule has 0 saturated heterocycles. The molecule has 0 radical (unpaired) electrons. The summed E-state index contributed by atoms with van der Waals surface area (Å²) < 4.78 is 6.18. The first-order chi connectivity index (χ1) is 9.10. The lowest BCUT2D eigenvalue weighted by molar-refractivity contribution is 0.404. The lowest BCUT2D eigenvalue weighted by Gasteiger charge is -2.15. The van der Waals surface area contributed by atoms with Crippen LogP contribution in [0.15, 0.2) is 34.1 Å². The van der Waals surface area contributed by atoms with Crippen LogP contribution in [0.1, 0.15) is 23.4 Å². The van der Waals surface area contributed by atoms with Crippen LogP contribution in [0.4, 0.5) is 0 Å². The molecule has 0 fully saturated rings. The van der Waals surface area contributed by atoms with E-state index in [0.717, 1.165) is 16.6 Å². The van der Waals surface area contributed by atoms with Crippen molar-refractivity contribution in [2.24, 2.45) is 0 Å². The number of benzene rings is 1. The summed E-state index contributed by atoms with van der Waals surface area (Å²) in [5.41, 5.74) is 0.872. The maximum Gasteiger partial charge on any atom is 0.124 e. The third-order valence-electron chi connectivity index (χ3n) is 2.91. The Morgan fingerprint density at radius 3 is 2.79 bits per heavy atom. The summed E-state index contributed by atoms with van der Waals surface area (Å²) in [5, 5.41) is 15.4. The Morgan fingerprint density at radius 1 is 1.42 bits per heavy atom. The second kappa shape index (κ2) is 6.41. The average Bonchev–Trinajstić information content (AvgIpc) is 2.81. The number of thiophene rings is 1. The third kappa shape index (κ3) is 3.72. The van der Waals surface area contributed by atoms with Gasteiger partial charge in [-0.05, 0) is 35.0 Å². The van der Waals surface area contributed by atoms with Gasteiger partial charge in [-0.1, -0.05) is 6.07 Å². The fraction of sp³-hybridized carbons (Fsp3) is 0.286. The zero-order valence-electron chi connectivity index (χ0n) is 10.8. The lowest BCUT2D eigenvalue weighted by atomic mass is 10.1. The quantitative estimate of drug-likeness (QED) is 0.860. The number of phenols is 1. The number of methoxy groups -OCH3 is 1. The fourth-order valence-electron chi connectivity index (χ4n) is 1.83. The molecule has 0 aliphatic rings. The number of rotatable bonds is 5. The van der Waals surface area contributed by atoms with Crippen molar-refractivity contribution in [3.8, 4) is 11.5 Å². The van der Waals surface area contributed by atoms with Gasteiger partial charge < -0.3 is 15.2 Å². The van der Waals surface area contributed by atoms with Gasteiger partial charge in [-0.25, -0.2) is 0 Å². The molecule has 0 aliphatic heterocycles. The third-order valence-corrected chi connectivity index (χ3v) is 4.61. The molecule has 3 nitrogen and oxygen atoms in total. The summed E-state index contributed by atoms with van der Waals surface area (Å²) in [6.45, 7) is 2.81. The molecule has 0 saturated carbocycles. The topological polar surface area (TPSA) is 41.5 Å². The molecular weight excluding hydrogens is 326 g/mol. The van der Waals surface area contributed by atoms with E-state index in [1.54, 1.807) is 24.5 Å². The molecule has 1 heterocycles. The number of phenolic OH excluding ortho intramolecular Hbond substituents is 1. The zero-order chi connectivity index (χ0) is 13.8. The van der Waals surface area contributed by atoms with Gasteiger partial charge in [0.25, 0.3) is 0 Å². The Balaban J connectivity index is 2.01. The molecule has 1 aromatic carbocycles. The maximum atomic E-state index is 9.97. The first kappa shape index (κ1) is 14.4. The molecule has 0 aliphatic carbocycles. The SMILES string of the molecule is COc1ccc(C(C)NCc2cc(Br)cs2)c(O)c1. The zero-order valence-corrected chi connectivity index (χ0v) is 13.2. The van der Waals surface area contributed by atoms with E-state index in [-0.39, 0.29) is 11.8 Å². The van der Waals surface area contributed by atoms with Crippen LogP contribution in [-0.4, -0.2) is 12.2 Å². The second-order valence-corrected chi connectivity index (χ2v) is 6.17. The predicted molar refractivity (Wildman–Crippen MR) is 81.9 cm³/mol. The Kier molecular flexibility index (Phi) is 4.85. The van der Waals surface area contributed by atoms with Crippen LogP contribution >= 0.6 is 27.3 Å². The smallest absolute Gasteiger partial charge is 0.124 e. The van der Waals surface area contributed by atoms with Crippen LogP contribution in [0.25, 0.3) is 0 Å². The van der Waals surface area contributed by atoms with Crippen LogP contribution in [0.2, 0.25) is 0 Å². The summed E-state index contributed by atoms with van der Waals surface area (Å²) in [5.74, 6) is 0.919. The molecule has 1 unspecified atom stereocenters. The van der Waals surface area contributed by atoms with Gasteiger partial charge in [0.2, 0.25) is 0 Å². The van der Waals surface area contributed by atoms with Crippen molar-refractivity contribution in [2.45, 2.75) is 19.5 Å². The molecule has 5 heteroatoms. The minimum atomic E-state index is 0.0757. The number of nitrogens with one attached hydrogen (secondary N) is 1. The fourth-order valence-corrected chi connectivity index (χ4v) is 3.23. The number of aromatic hydroxyl groups is 1. The van der Waals surface area contributed by atoms with E-state index < -0.39 is 0 Å². The van der Waals surface area contributed by atoms with Gasteiger partial charge in [-0.15, -0.1) is 11.3 Å². The highest BCUT2D eigenvalue weighted by atomic mass is 79.9. The van der Waals surface area contributed by atoms with E-state index in [2.05, 4.69) is 32.7 Å². The van der Waals surface area contributed by atoms with Gasteiger partial charge in [-0.2, -0.15) is 0 Å². The molecule has 0 spiro atoms. The number of ether oxygens (including phenoxy) is 1. The highest BCUT2D eigenvalue weighted by Crippen LogP contribution is 2.29.